The molecule has 1 saturated heterocycles. The van der Waals surface area contributed by atoms with Crippen LogP contribution < -0.4 is 10.2 Å². The summed E-state index contributed by atoms with van der Waals surface area (Å²) in [6.07, 6.45) is 2.33. The molecule has 2 N–H and O–H groups in total. The van der Waals surface area contributed by atoms with E-state index in [1.165, 1.54) is 11.3 Å². The molecule has 1 aliphatic rings. The summed E-state index contributed by atoms with van der Waals surface area (Å²) in [5.74, 6) is 0. The quantitative estimate of drug-likeness (QED) is 0.827. The minimum Gasteiger partial charge on any atom is -0.394 e. The number of piperidine rings is 1. The number of hydrogen-bond donors (Lipinski definition) is 2. The highest BCUT2D eigenvalue weighted by Crippen LogP contribution is 2.20. The van der Waals surface area contributed by atoms with Crippen LogP contribution in [0, 0.1) is 13.8 Å². The Morgan fingerprint density at radius 1 is 1.16 bits per heavy atom. The molecule has 0 saturated carbocycles. The topological polar surface area (TPSA) is 53.3 Å². The van der Waals surface area contributed by atoms with E-state index in [4.69, 9.17) is 5.11 Å². The number of aliphatic hydroxyl groups excluding tert-OH is 1. The minimum absolute atomic E-state index is 0. The van der Waals surface area contributed by atoms with Gasteiger partial charge in [-0.05, 0) is 38.8 Å². The molecule has 0 aliphatic carbocycles. The number of nitrogens with zero attached hydrogens (tertiary/aromatic N) is 3. The number of aryl methyl sites for hydroxylation is 1. The Balaban J connectivity index is 0.00000225. The predicted octanol–water partition coefficient (Wildman–Crippen LogP) is 2.67. The molecule has 0 unspecified atom stereocenters. The van der Waals surface area contributed by atoms with Crippen LogP contribution in [0.15, 0.2) is 30.3 Å². The van der Waals surface area contributed by atoms with Gasteiger partial charge < -0.3 is 15.3 Å². The van der Waals surface area contributed by atoms with Crippen LogP contribution in [0.5, 0.6) is 0 Å². The van der Waals surface area contributed by atoms with Gasteiger partial charge >= 0.3 is 0 Å². The second-order valence-electron chi connectivity index (χ2n) is 6.57. The molecule has 2 aromatic rings. The molecule has 25 heavy (non-hydrogen) atoms. The van der Waals surface area contributed by atoms with Crippen molar-refractivity contribution in [3.8, 4) is 0 Å². The van der Waals surface area contributed by atoms with Crippen LogP contribution in [0.4, 0.5) is 5.69 Å². The van der Waals surface area contributed by atoms with Gasteiger partial charge in [0.05, 0.1) is 18.8 Å². The van der Waals surface area contributed by atoms with Crippen molar-refractivity contribution >= 4 is 18.1 Å². The lowest BCUT2D eigenvalue weighted by Crippen LogP contribution is -2.42. The minimum atomic E-state index is 0. The highest BCUT2D eigenvalue weighted by molar-refractivity contribution is 5.85. The van der Waals surface area contributed by atoms with Crippen molar-refractivity contribution < 1.29 is 5.11 Å². The van der Waals surface area contributed by atoms with Gasteiger partial charge in [-0.3, -0.25) is 4.68 Å². The fraction of sp³-hybridized carbons (Fsp3) is 0.526. The molecule has 1 fully saturated rings. The predicted molar refractivity (Wildman–Crippen MR) is 105 cm³/mol. The molecule has 5 nitrogen and oxygen atoms in total. The summed E-state index contributed by atoms with van der Waals surface area (Å²) in [6, 6.07) is 11.2. The zero-order valence-electron chi connectivity index (χ0n) is 15.1. The Labute approximate surface area is 156 Å². The molecule has 6 heteroatoms. The molecule has 1 aromatic carbocycles. The second-order valence-corrected chi connectivity index (χ2v) is 6.57. The molecule has 1 aromatic heterocycles. The van der Waals surface area contributed by atoms with Crippen LogP contribution in [0.1, 0.15) is 29.8 Å². The number of aliphatic hydroxyl groups is 1. The van der Waals surface area contributed by atoms with E-state index in [0.29, 0.717) is 12.6 Å². The van der Waals surface area contributed by atoms with Gasteiger partial charge in [0.2, 0.25) is 0 Å². The maximum Gasteiger partial charge on any atom is 0.0644 e. The number of hydrogen-bond acceptors (Lipinski definition) is 4. The lowest BCUT2D eigenvalue weighted by Gasteiger charge is -2.34. The Morgan fingerprint density at radius 3 is 2.48 bits per heavy atom. The van der Waals surface area contributed by atoms with Gasteiger partial charge in [-0.25, -0.2) is 0 Å². The summed E-state index contributed by atoms with van der Waals surface area (Å²) in [7, 11) is 0. The van der Waals surface area contributed by atoms with Crippen molar-refractivity contribution in [3.05, 3.63) is 47.3 Å². The van der Waals surface area contributed by atoms with Gasteiger partial charge in [0.15, 0.2) is 0 Å². The normalized spacial score (nSPS) is 15.2. The standard InChI is InChI=1S/C19H28N4O.ClH/c1-15-19(16(2)23(21-15)12-13-24)14-20-17-8-10-22(11-9-17)18-6-4-3-5-7-18;/h3-7,17,20,24H,8-14H2,1-2H3;1H. The summed E-state index contributed by atoms with van der Waals surface area (Å²) in [5, 5.41) is 17.3. The van der Waals surface area contributed by atoms with Crippen LogP contribution in [-0.2, 0) is 13.1 Å². The van der Waals surface area contributed by atoms with Gasteiger partial charge in [-0.1, -0.05) is 18.2 Å². The largest absolute Gasteiger partial charge is 0.394 e. The van der Waals surface area contributed by atoms with Crippen LogP contribution >= 0.6 is 12.4 Å². The highest BCUT2D eigenvalue weighted by Gasteiger charge is 2.20. The molecule has 138 valence electrons. The summed E-state index contributed by atoms with van der Waals surface area (Å²) < 4.78 is 1.91. The average Bonchev–Trinajstić information content (AvgIpc) is 2.88. The van der Waals surface area contributed by atoms with Crippen molar-refractivity contribution in [1.82, 2.24) is 15.1 Å². The van der Waals surface area contributed by atoms with Crippen LogP contribution in [-0.4, -0.2) is 40.6 Å². The number of halogens is 1. The third-order valence-corrected chi connectivity index (χ3v) is 5.03. The summed E-state index contributed by atoms with van der Waals surface area (Å²) >= 11 is 0. The molecule has 0 bridgehead atoms. The summed E-state index contributed by atoms with van der Waals surface area (Å²) in [5.41, 5.74) is 4.83. The maximum absolute atomic E-state index is 9.12. The van der Waals surface area contributed by atoms with Crippen LogP contribution in [0.2, 0.25) is 0 Å². The third kappa shape index (κ3) is 4.75. The zero-order valence-corrected chi connectivity index (χ0v) is 15.9. The Kier molecular flexibility index (Phi) is 7.29. The van der Waals surface area contributed by atoms with Gasteiger partial charge in [-0.2, -0.15) is 5.10 Å². The fourth-order valence-electron chi connectivity index (χ4n) is 3.53. The van der Waals surface area contributed by atoms with Crippen molar-refractivity contribution in [2.75, 3.05) is 24.6 Å². The zero-order chi connectivity index (χ0) is 16.9. The molecule has 1 aliphatic heterocycles. The molecule has 0 radical (unpaired) electrons. The first kappa shape index (κ1) is 19.8. The van der Waals surface area contributed by atoms with E-state index in [2.05, 4.69) is 59.5 Å². The lowest BCUT2D eigenvalue weighted by molar-refractivity contribution is 0.267. The number of benzene rings is 1. The lowest BCUT2D eigenvalue weighted by atomic mass is 10.0. The Hall–Kier alpha value is -1.56. The van der Waals surface area contributed by atoms with Crippen molar-refractivity contribution in [3.63, 3.8) is 0 Å². The third-order valence-electron chi connectivity index (χ3n) is 5.03. The van der Waals surface area contributed by atoms with Crippen LogP contribution in [0.3, 0.4) is 0 Å². The molecule has 0 atom stereocenters. The smallest absolute Gasteiger partial charge is 0.0644 e. The molecule has 3 rings (SSSR count). The van der Waals surface area contributed by atoms with E-state index in [1.807, 2.05) is 4.68 Å². The second kappa shape index (κ2) is 9.22. The monoisotopic (exact) mass is 364 g/mol. The van der Waals surface area contributed by atoms with E-state index in [1.54, 1.807) is 0 Å². The van der Waals surface area contributed by atoms with E-state index < -0.39 is 0 Å². The first-order chi connectivity index (χ1) is 11.7. The maximum atomic E-state index is 9.12. The number of para-hydroxylation sites is 1. The van der Waals surface area contributed by atoms with E-state index in [-0.39, 0.29) is 19.0 Å². The molecular weight excluding hydrogens is 336 g/mol. The summed E-state index contributed by atoms with van der Waals surface area (Å²) in [6.45, 7) is 7.90. The first-order valence-electron chi connectivity index (χ1n) is 8.86. The number of anilines is 1. The number of rotatable bonds is 6. The molecule has 0 amide bonds. The number of aromatic nitrogens is 2. The van der Waals surface area contributed by atoms with Crippen molar-refractivity contribution in [2.45, 2.75) is 45.8 Å². The Morgan fingerprint density at radius 2 is 1.84 bits per heavy atom. The van der Waals surface area contributed by atoms with Crippen LogP contribution in [0.25, 0.3) is 0 Å². The van der Waals surface area contributed by atoms with Gasteiger partial charge in [-0.15, -0.1) is 12.4 Å². The SMILES string of the molecule is Cc1nn(CCO)c(C)c1CNC1CCN(c2ccccc2)CC1.Cl. The Bertz CT molecular complexity index is 651. The van der Waals surface area contributed by atoms with E-state index in [9.17, 15) is 0 Å². The number of nitrogens with one attached hydrogen (secondary N) is 1. The highest BCUT2D eigenvalue weighted by atomic mass is 35.5. The van der Waals surface area contributed by atoms with Gasteiger partial charge in [0.25, 0.3) is 0 Å². The fourth-order valence-corrected chi connectivity index (χ4v) is 3.53. The van der Waals surface area contributed by atoms with E-state index in [0.717, 1.165) is 43.9 Å². The van der Waals surface area contributed by atoms with Gasteiger partial charge in [0, 0.05) is 42.6 Å². The summed E-state index contributed by atoms with van der Waals surface area (Å²) in [4.78, 5) is 2.47. The van der Waals surface area contributed by atoms with Crippen molar-refractivity contribution in [2.24, 2.45) is 0 Å². The molecular formula is C19H29ClN4O. The van der Waals surface area contributed by atoms with E-state index >= 15 is 0 Å². The van der Waals surface area contributed by atoms with Crippen molar-refractivity contribution in [1.29, 1.82) is 0 Å². The average molecular weight is 365 g/mol. The van der Waals surface area contributed by atoms with Gasteiger partial charge in [0.1, 0.15) is 0 Å². The first-order valence-corrected chi connectivity index (χ1v) is 8.86. The molecule has 2 heterocycles. The molecule has 0 spiro atoms.